The molecule has 2 aliphatic rings. The van der Waals surface area contributed by atoms with Gasteiger partial charge in [0, 0.05) is 32.0 Å². The molecule has 1 aromatic carbocycles. The van der Waals surface area contributed by atoms with Crippen molar-refractivity contribution in [3.63, 3.8) is 0 Å². The summed E-state index contributed by atoms with van der Waals surface area (Å²) in [6.07, 6.45) is 6.44. The van der Waals surface area contributed by atoms with Gasteiger partial charge >= 0.3 is 0 Å². The Hall–Kier alpha value is -1.15. The zero-order chi connectivity index (χ0) is 12.4. The number of hydrogen-bond donors (Lipinski definition) is 0. The molecule has 1 aromatic rings. The SMILES string of the molecule is O=C1CCN(C2CCc3ccccc3CC2)CC1. The highest BCUT2D eigenvalue weighted by atomic mass is 16.1. The van der Waals surface area contributed by atoms with E-state index in [2.05, 4.69) is 29.2 Å². The van der Waals surface area contributed by atoms with Crippen LogP contribution in [0.25, 0.3) is 0 Å². The van der Waals surface area contributed by atoms with Crippen molar-refractivity contribution in [1.82, 2.24) is 4.90 Å². The van der Waals surface area contributed by atoms with Gasteiger partial charge in [-0.1, -0.05) is 24.3 Å². The van der Waals surface area contributed by atoms with Crippen LogP contribution in [0.3, 0.4) is 0 Å². The quantitative estimate of drug-likeness (QED) is 0.707. The fourth-order valence-corrected chi connectivity index (χ4v) is 3.34. The van der Waals surface area contributed by atoms with E-state index in [1.165, 1.54) is 36.8 Å². The summed E-state index contributed by atoms with van der Waals surface area (Å²) in [7, 11) is 0. The highest BCUT2D eigenvalue weighted by Gasteiger charge is 2.25. The summed E-state index contributed by atoms with van der Waals surface area (Å²) in [5.41, 5.74) is 3.07. The first-order valence-corrected chi connectivity index (χ1v) is 7.15. The van der Waals surface area contributed by atoms with Crippen LogP contribution in [0.15, 0.2) is 24.3 Å². The lowest BCUT2D eigenvalue weighted by molar-refractivity contribution is -0.122. The Bertz CT molecular complexity index is 403. The first-order chi connectivity index (χ1) is 8.83. The molecule has 18 heavy (non-hydrogen) atoms. The maximum absolute atomic E-state index is 11.3. The lowest BCUT2D eigenvalue weighted by Gasteiger charge is -2.33. The van der Waals surface area contributed by atoms with E-state index in [9.17, 15) is 4.79 Å². The number of carbonyl (C=O) groups is 1. The van der Waals surface area contributed by atoms with E-state index in [1.54, 1.807) is 0 Å². The number of carbonyl (C=O) groups excluding carboxylic acids is 1. The minimum atomic E-state index is 0.447. The van der Waals surface area contributed by atoms with E-state index >= 15 is 0 Å². The van der Waals surface area contributed by atoms with Crippen LogP contribution >= 0.6 is 0 Å². The molecular weight excluding hydrogens is 222 g/mol. The Morgan fingerprint density at radius 2 is 1.44 bits per heavy atom. The van der Waals surface area contributed by atoms with Crippen molar-refractivity contribution in [3.8, 4) is 0 Å². The number of fused-ring (bicyclic) bond motifs is 1. The fourth-order valence-electron chi connectivity index (χ4n) is 3.34. The summed E-state index contributed by atoms with van der Waals surface area (Å²) in [6, 6.07) is 9.54. The molecule has 1 fully saturated rings. The van der Waals surface area contributed by atoms with E-state index in [0.29, 0.717) is 11.8 Å². The van der Waals surface area contributed by atoms with Gasteiger partial charge in [0.15, 0.2) is 0 Å². The summed E-state index contributed by atoms with van der Waals surface area (Å²) >= 11 is 0. The average Bonchev–Trinajstić information content (AvgIpc) is 2.62. The minimum Gasteiger partial charge on any atom is -0.300 e. The number of Topliss-reactive ketones (excluding diaryl/α,β-unsaturated/α-hetero) is 1. The van der Waals surface area contributed by atoms with Crippen LogP contribution in [-0.4, -0.2) is 29.8 Å². The van der Waals surface area contributed by atoms with Gasteiger partial charge in [-0.2, -0.15) is 0 Å². The van der Waals surface area contributed by atoms with E-state index < -0.39 is 0 Å². The van der Waals surface area contributed by atoms with Crippen molar-refractivity contribution in [2.24, 2.45) is 0 Å². The molecule has 96 valence electrons. The van der Waals surface area contributed by atoms with Crippen molar-refractivity contribution < 1.29 is 4.79 Å². The van der Waals surface area contributed by atoms with E-state index in [1.807, 2.05) is 0 Å². The van der Waals surface area contributed by atoms with Gasteiger partial charge in [0.2, 0.25) is 0 Å². The summed E-state index contributed by atoms with van der Waals surface area (Å²) in [4.78, 5) is 13.9. The Kier molecular flexibility index (Phi) is 3.46. The normalized spacial score (nSPS) is 22.6. The molecule has 2 heteroatoms. The van der Waals surface area contributed by atoms with Gasteiger partial charge in [-0.15, -0.1) is 0 Å². The largest absolute Gasteiger partial charge is 0.300 e. The van der Waals surface area contributed by atoms with Crippen LogP contribution < -0.4 is 0 Å². The molecule has 0 unspecified atom stereocenters. The number of hydrogen-bond acceptors (Lipinski definition) is 2. The Morgan fingerprint density at radius 1 is 0.889 bits per heavy atom. The summed E-state index contributed by atoms with van der Waals surface area (Å²) in [5, 5.41) is 0. The number of rotatable bonds is 1. The lowest BCUT2D eigenvalue weighted by Crippen LogP contribution is -2.41. The Labute approximate surface area is 109 Å². The standard InChI is InChI=1S/C16H21NO/c18-16-9-11-17(12-10-16)15-7-5-13-3-1-2-4-14(13)6-8-15/h1-4,15H,5-12H2. The Balaban J connectivity index is 1.66. The van der Waals surface area contributed by atoms with Crippen LogP contribution in [0.1, 0.15) is 36.8 Å². The number of ketones is 1. The van der Waals surface area contributed by atoms with Gasteiger partial charge < -0.3 is 0 Å². The molecule has 1 heterocycles. The third kappa shape index (κ3) is 2.49. The van der Waals surface area contributed by atoms with Crippen LogP contribution in [0.2, 0.25) is 0 Å². The Morgan fingerprint density at radius 3 is 2.00 bits per heavy atom. The molecule has 0 radical (unpaired) electrons. The third-order valence-corrected chi connectivity index (χ3v) is 4.48. The second-order valence-electron chi connectivity index (χ2n) is 5.57. The van der Waals surface area contributed by atoms with Gasteiger partial charge in [-0.3, -0.25) is 9.69 Å². The van der Waals surface area contributed by atoms with Crippen molar-refractivity contribution >= 4 is 5.78 Å². The third-order valence-electron chi connectivity index (χ3n) is 4.48. The second-order valence-corrected chi connectivity index (χ2v) is 5.57. The molecule has 0 atom stereocenters. The molecule has 1 aliphatic carbocycles. The van der Waals surface area contributed by atoms with Gasteiger partial charge in [-0.25, -0.2) is 0 Å². The lowest BCUT2D eigenvalue weighted by atomic mass is 10.0. The number of aryl methyl sites for hydroxylation is 2. The van der Waals surface area contributed by atoms with E-state index in [4.69, 9.17) is 0 Å². The zero-order valence-corrected chi connectivity index (χ0v) is 10.9. The van der Waals surface area contributed by atoms with E-state index in [0.717, 1.165) is 25.9 Å². The highest BCUT2D eigenvalue weighted by molar-refractivity contribution is 5.79. The minimum absolute atomic E-state index is 0.447. The molecule has 0 amide bonds. The van der Waals surface area contributed by atoms with Crippen LogP contribution in [0.4, 0.5) is 0 Å². The number of nitrogens with zero attached hydrogens (tertiary/aromatic N) is 1. The fraction of sp³-hybridized carbons (Fsp3) is 0.562. The monoisotopic (exact) mass is 243 g/mol. The molecule has 3 rings (SSSR count). The first-order valence-electron chi connectivity index (χ1n) is 7.15. The zero-order valence-electron chi connectivity index (χ0n) is 10.9. The summed E-state index contributed by atoms with van der Waals surface area (Å²) < 4.78 is 0. The molecule has 2 nitrogen and oxygen atoms in total. The molecule has 0 spiro atoms. The van der Waals surface area contributed by atoms with Crippen molar-refractivity contribution in [2.75, 3.05) is 13.1 Å². The average molecular weight is 243 g/mol. The molecule has 1 aliphatic heterocycles. The van der Waals surface area contributed by atoms with Gasteiger partial charge in [0.25, 0.3) is 0 Å². The maximum Gasteiger partial charge on any atom is 0.135 e. The smallest absolute Gasteiger partial charge is 0.135 e. The molecule has 0 bridgehead atoms. The van der Waals surface area contributed by atoms with Gasteiger partial charge in [0.05, 0.1) is 0 Å². The molecule has 0 saturated carbocycles. The van der Waals surface area contributed by atoms with Crippen LogP contribution in [0, 0.1) is 0 Å². The number of likely N-dealkylation sites (tertiary alicyclic amines) is 1. The topological polar surface area (TPSA) is 20.3 Å². The molecular formula is C16H21NO. The summed E-state index contributed by atoms with van der Waals surface area (Å²) in [6.45, 7) is 1.97. The van der Waals surface area contributed by atoms with Gasteiger partial charge in [-0.05, 0) is 36.8 Å². The van der Waals surface area contributed by atoms with Gasteiger partial charge in [0.1, 0.15) is 5.78 Å². The van der Waals surface area contributed by atoms with Crippen molar-refractivity contribution in [1.29, 1.82) is 0 Å². The number of piperidine rings is 1. The first kappa shape index (κ1) is 11.9. The van der Waals surface area contributed by atoms with Crippen molar-refractivity contribution in [2.45, 2.75) is 44.6 Å². The van der Waals surface area contributed by atoms with Crippen LogP contribution in [0.5, 0.6) is 0 Å². The predicted octanol–water partition coefficient (Wildman–Crippen LogP) is 2.60. The number of benzene rings is 1. The predicted molar refractivity (Wildman–Crippen MR) is 72.7 cm³/mol. The highest BCUT2D eigenvalue weighted by Crippen LogP contribution is 2.25. The second kappa shape index (κ2) is 5.23. The van der Waals surface area contributed by atoms with E-state index in [-0.39, 0.29) is 0 Å². The van der Waals surface area contributed by atoms with Crippen LogP contribution in [-0.2, 0) is 17.6 Å². The summed E-state index contributed by atoms with van der Waals surface area (Å²) in [5.74, 6) is 0.447. The molecule has 0 aromatic heterocycles. The molecule has 1 saturated heterocycles. The maximum atomic E-state index is 11.3. The molecule has 0 N–H and O–H groups in total. The van der Waals surface area contributed by atoms with Crippen molar-refractivity contribution in [3.05, 3.63) is 35.4 Å².